The molecule has 0 aliphatic rings. The van der Waals surface area contributed by atoms with Crippen molar-refractivity contribution in [2.75, 3.05) is 13.2 Å². The zero-order valence-corrected chi connectivity index (χ0v) is 9.79. The van der Waals surface area contributed by atoms with E-state index in [2.05, 4.69) is 10.3 Å². The van der Waals surface area contributed by atoms with Crippen LogP contribution >= 0.6 is 0 Å². The number of aromatic nitrogens is 3. The molecule has 5 nitrogen and oxygen atoms in total. The Morgan fingerprint density at radius 3 is 2.78 bits per heavy atom. The van der Waals surface area contributed by atoms with Crippen LogP contribution in [-0.2, 0) is 11.3 Å². The van der Waals surface area contributed by atoms with Crippen LogP contribution in [0.3, 0.4) is 0 Å². The maximum atomic E-state index is 12.8. The van der Waals surface area contributed by atoms with Crippen molar-refractivity contribution in [1.29, 1.82) is 0 Å². The summed E-state index contributed by atoms with van der Waals surface area (Å²) in [5, 5.41) is 16.5. The number of aliphatic hydroxyl groups is 1. The predicted molar refractivity (Wildman–Crippen MR) is 62.7 cm³/mol. The summed E-state index contributed by atoms with van der Waals surface area (Å²) in [6.45, 7) is 0.948. The number of aliphatic hydroxyl groups excluding tert-OH is 1. The summed E-state index contributed by atoms with van der Waals surface area (Å²) < 4.78 is 19.6. The third-order valence-electron chi connectivity index (χ3n) is 2.33. The van der Waals surface area contributed by atoms with Crippen molar-refractivity contribution < 1.29 is 14.2 Å². The molecule has 0 saturated carbocycles. The second kappa shape index (κ2) is 6.23. The summed E-state index contributed by atoms with van der Waals surface area (Å²) in [6.07, 6.45) is 2.33. The van der Waals surface area contributed by atoms with Crippen LogP contribution in [0, 0.1) is 5.82 Å². The summed E-state index contributed by atoms with van der Waals surface area (Å²) in [4.78, 5) is 0. The molecule has 0 bridgehead atoms. The summed E-state index contributed by atoms with van der Waals surface area (Å²) in [6, 6.07) is 5.99. The molecule has 0 amide bonds. The molecule has 0 aliphatic carbocycles. The number of nitrogens with zero attached hydrogens (tertiary/aromatic N) is 3. The van der Waals surface area contributed by atoms with Gasteiger partial charge in [0.2, 0.25) is 0 Å². The minimum absolute atomic E-state index is 0.113. The highest BCUT2D eigenvalue weighted by atomic mass is 19.1. The Labute approximate surface area is 104 Å². The van der Waals surface area contributed by atoms with Gasteiger partial charge in [0, 0.05) is 13.2 Å². The maximum absolute atomic E-state index is 12.8. The first-order valence-electron chi connectivity index (χ1n) is 5.65. The molecule has 0 unspecified atom stereocenters. The van der Waals surface area contributed by atoms with Crippen molar-refractivity contribution in [2.24, 2.45) is 0 Å². The van der Waals surface area contributed by atoms with Gasteiger partial charge in [0.1, 0.15) is 11.5 Å². The van der Waals surface area contributed by atoms with Crippen molar-refractivity contribution in [2.45, 2.75) is 13.0 Å². The topological polar surface area (TPSA) is 60.2 Å². The molecule has 0 aliphatic heterocycles. The molecule has 0 fully saturated rings. The van der Waals surface area contributed by atoms with E-state index in [9.17, 15) is 4.39 Å². The fourth-order valence-corrected chi connectivity index (χ4v) is 1.43. The maximum Gasteiger partial charge on any atom is 0.123 e. The highest BCUT2D eigenvalue weighted by molar-refractivity contribution is 5.30. The van der Waals surface area contributed by atoms with Crippen LogP contribution in [0.25, 0.3) is 5.69 Å². The van der Waals surface area contributed by atoms with Crippen LogP contribution in [-0.4, -0.2) is 33.3 Å². The number of ether oxygens (including phenoxy) is 1. The van der Waals surface area contributed by atoms with Crippen LogP contribution in [0.2, 0.25) is 0 Å². The Balaban J connectivity index is 1.95. The highest BCUT2D eigenvalue weighted by Crippen LogP contribution is 2.08. The van der Waals surface area contributed by atoms with Crippen molar-refractivity contribution in [3.8, 4) is 5.69 Å². The van der Waals surface area contributed by atoms with E-state index in [-0.39, 0.29) is 12.4 Å². The number of halogens is 1. The number of hydrogen-bond donors (Lipinski definition) is 1. The van der Waals surface area contributed by atoms with Gasteiger partial charge in [-0.25, -0.2) is 9.07 Å². The molecule has 1 aromatic carbocycles. The van der Waals surface area contributed by atoms with Gasteiger partial charge in [-0.05, 0) is 30.7 Å². The third kappa shape index (κ3) is 3.35. The average Bonchev–Trinajstić information content (AvgIpc) is 2.84. The van der Waals surface area contributed by atoms with E-state index in [4.69, 9.17) is 9.84 Å². The van der Waals surface area contributed by atoms with Gasteiger partial charge in [-0.3, -0.25) is 0 Å². The summed E-state index contributed by atoms with van der Waals surface area (Å²) in [7, 11) is 0. The van der Waals surface area contributed by atoms with Crippen molar-refractivity contribution in [1.82, 2.24) is 15.0 Å². The van der Waals surface area contributed by atoms with Crippen molar-refractivity contribution >= 4 is 0 Å². The Hall–Kier alpha value is -1.79. The molecule has 1 aromatic heterocycles. The van der Waals surface area contributed by atoms with E-state index in [1.54, 1.807) is 23.0 Å². The zero-order chi connectivity index (χ0) is 12.8. The summed E-state index contributed by atoms with van der Waals surface area (Å²) in [5.74, 6) is -0.286. The lowest BCUT2D eigenvalue weighted by molar-refractivity contribution is 0.102. The van der Waals surface area contributed by atoms with Gasteiger partial charge in [-0.1, -0.05) is 5.21 Å². The van der Waals surface area contributed by atoms with Gasteiger partial charge in [0.15, 0.2) is 0 Å². The minimum atomic E-state index is -0.286. The van der Waals surface area contributed by atoms with E-state index < -0.39 is 0 Å². The fourth-order valence-electron chi connectivity index (χ4n) is 1.43. The molecule has 0 radical (unpaired) electrons. The van der Waals surface area contributed by atoms with E-state index in [0.29, 0.717) is 25.3 Å². The Kier molecular flexibility index (Phi) is 4.38. The second-order valence-corrected chi connectivity index (χ2v) is 3.76. The molecule has 2 aromatic rings. The van der Waals surface area contributed by atoms with Crippen LogP contribution in [0.4, 0.5) is 4.39 Å². The number of benzene rings is 1. The SMILES string of the molecule is OCCCOCc1cn(-c2ccc(F)cc2)nn1. The lowest BCUT2D eigenvalue weighted by atomic mass is 10.3. The molecule has 6 heteroatoms. The van der Waals surface area contributed by atoms with E-state index in [1.165, 1.54) is 12.1 Å². The number of hydrogen-bond acceptors (Lipinski definition) is 4. The molecule has 0 spiro atoms. The quantitative estimate of drug-likeness (QED) is 0.786. The van der Waals surface area contributed by atoms with E-state index in [0.717, 1.165) is 5.69 Å². The lowest BCUT2D eigenvalue weighted by Gasteiger charge is -1.99. The Morgan fingerprint density at radius 1 is 1.28 bits per heavy atom. The van der Waals surface area contributed by atoms with E-state index in [1.807, 2.05) is 0 Å². The van der Waals surface area contributed by atoms with Crippen LogP contribution in [0.15, 0.2) is 30.5 Å². The Bertz CT molecular complexity index is 484. The number of rotatable bonds is 6. The highest BCUT2D eigenvalue weighted by Gasteiger charge is 2.03. The predicted octanol–water partition coefficient (Wildman–Crippen LogP) is 1.31. The molecule has 1 heterocycles. The standard InChI is InChI=1S/C12H14FN3O2/c13-10-2-4-12(5-3-10)16-8-11(14-15-16)9-18-7-1-6-17/h2-5,8,17H,1,6-7,9H2. The molecular weight excluding hydrogens is 237 g/mol. The molecule has 0 saturated heterocycles. The van der Waals surface area contributed by atoms with Crippen LogP contribution in [0.5, 0.6) is 0 Å². The van der Waals surface area contributed by atoms with Gasteiger partial charge in [0.05, 0.1) is 18.5 Å². The largest absolute Gasteiger partial charge is 0.396 e. The molecule has 2 rings (SSSR count). The molecule has 1 N–H and O–H groups in total. The average molecular weight is 251 g/mol. The summed E-state index contributed by atoms with van der Waals surface area (Å²) in [5.41, 5.74) is 1.43. The molecule has 18 heavy (non-hydrogen) atoms. The van der Waals surface area contributed by atoms with Crippen LogP contribution < -0.4 is 0 Å². The third-order valence-corrected chi connectivity index (χ3v) is 2.33. The Morgan fingerprint density at radius 2 is 2.06 bits per heavy atom. The molecule has 96 valence electrons. The first kappa shape index (κ1) is 12.7. The van der Waals surface area contributed by atoms with E-state index >= 15 is 0 Å². The minimum Gasteiger partial charge on any atom is -0.396 e. The monoisotopic (exact) mass is 251 g/mol. The second-order valence-electron chi connectivity index (χ2n) is 3.76. The van der Waals surface area contributed by atoms with Crippen molar-refractivity contribution in [3.05, 3.63) is 42.0 Å². The van der Waals surface area contributed by atoms with Crippen molar-refractivity contribution in [3.63, 3.8) is 0 Å². The summed E-state index contributed by atoms with van der Waals surface area (Å²) >= 11 is 0. The van der Waals surface area contributed by atoms with Gasteiger partial charge < -0.3 is 9.84 Å². The molecular formula is C12H14FN3O2. The van der Waals surface area contributed by atoms with Crippen LogP contribution in [0.1, 0.15) is 12.1 Å². The lowest BCUT2D eigenvalue weighted by Crippen LogP contribution is -1.97. The molecule has 0 atom stereocenters. The smallest absolute Gasteiger partial charge is 0.123 e. The van der Waals surface area contributed by atoms with Gasteiger partial charge >= 0.3 is 0 Å². The normalized spacial score (nSPS) is 10.8. The first-order chi connectivity index (χ1) is 8.79. The zero-order valence-electron chi connectivity index (χ0n) is 9.79. The van der Waals surface area contributed by atoms with Gasteiger partial charge in [-0.2, -0.15) is 0 Å². The van der Waals surface area contributed by atoms with Gasteiger partial charge in [0.25, 0.3) is 0 Å². The van der Waals surface area contributed by atoms with Gasteiger partial charge in [-0.15, -0.1) is 5.10 Å². The fraction of sp³-hybridized carbons (Fsp3) is 0.333. The first-order valence-corrected chi connectivity index (χ1v) is 5.65.